The minimum absolute atomic E-state index is 0.134. The standard InChI is InChI=1S/C22H24N2O3S/c1-4-16-13-17(8-10-19(16)27-5-2)22-23-21(24-28-22)18-9-6-15(12-14(18)3)7-11-20(25)26/h6,8-10,12-13H,4-5,7,11H2,1-3H3,(H,25,26). The Balaban J connectivity index is 1.85. The molecule has 0 unspecified atom stereocenters. The highest BCUT2D eigenvalue weighted by molar-refractivity contribution is 7.09. The molecule has 0 bridgehead atoms. The van der Waals surface area contributed by atoms with Crippen LogP contribution in [0.2, 0.25) is 0 Å². The summed E-state index contributed by atoms with van der Waals surface area (Å²) in [6.07, 6.45) is 1.55. The number of carboxylic acids is 1. The predicted octanol–water partition coefficient (Wildman–Crippen LogP) is 5.16. The predicted molar refractivity (Wildman–Crippen MR) is 112 cm³/mol. The van der Waals surface area contributed by atoms with Crippen LogP contribution in [-0.2, 0) is 17.6 Å². The summed E-state index contributed by atoms with van der Waals surface area (Å²) >= 11 is 1.38. The summed E-state index contributed by atoms with van der Waals surface area (Å²) in [5.41, 5.74) is 5.24. The van der Waals surface area contributed by atoms with Crippen molar-refractivity contribution in [2.75, 3.05) is 6.61 Å². The molecule has 1 aromatic heterocycles. The zero-order valence-electron chi connectivity index (χ0n) is 16.4. The first-order valence-corrected chi connectivity index (χ1v) is 10.2. The van der Waals surface area contributed by atoms with Gasteiger partial charge in [0.05, 0.1) is 6.61 Å². The molecule has 0 saturated carbocycles. The molecule has 0 aliphatic carbocycles. The second-order valence-electron chi connectivity index (χ2n) is 6.58. The third-order valence-corrected chi connectivity index (χ3v) is 5.34. The number of aliphatic carboxylic acids is 1. The summed E-state index contributed by atoms with van der Waals surface area (Å²) in [4.78, 5) is 15.5. The Morgan fingerprint density at radius 3 is 2.68 bits per heavy atom. The summed E-state index contributed by atoms with van der Waals surface area (Å²) in [7, 11) is 0. The molecule has 0 fully saturated rings. The molecule has 0 aliphatic rings. The topological polar surface area (TPSA) is 72.3 Å². The molecule has 146 valence electrons. The van der Waals surface area contributed by atoms with Gasteiger partial charge in [-0.05, 0) is 73.1 Å². The minimum Gasteiger partial charge on any atom is -0.494 e. The molecule has 5 nitrogen and oxygen atoms in total. The SMILES string of the molecule is CCOc1ccc(-c2nc(-c3ccc(CCC(=O)O)cc3C)ns2)cc1CC. The maximum Gasteiger partial charge on any atom is 0.303 e. The molecule has 0 saturated heterocycles. The van der Waals surface area contributed by atoms with Crippen molar-refractivity contribution in [2.24, 2.45) is 0 Å². The van der Waals surface area contributed by atoms with Crippen LogP contribution < -0.4 is 4.74 Å². The summed E-state index contributed by atoms with van der Waals surface area (Å²) < 4.78 is 10.2. The number of rotatable bonds is 8. The van der Waals surface area contributed by atoms with Crippen LogP contribution in [-0.4, -0.2) is 27.0 Å². The van der Waals surface area contributed by atoms with Crippen LogP contribution in [0.15, 0.2) is 36.4 Å². The zero-order valence-corrected chi connectivity index (χ0v) is 17.2. The van der Waals surface area contributed by atoms with E-state index in [1.54, 1.807) is 0 Å². The molecule has 3 aromatic rings. The van der Waals surface area contributed by atoms with Gasteiger partial charge in [0.25, 0.3) is 0 Å². The van der Waals surface area contributed by atoms with Crippen LogP contribution in [0, 0.1) is 6.92 Å². The lowest BCUT2D eigenvalue weighted by molar-refractivity contribution is -0.136. The van der Waals surface area contributed by atoms with E-state index in [2.05, 4.69) is 17.4 Å². The molecular weight excluding hydrogens is 372 g/mol. The largest absolute Gasteiger partial charge is 0.494 e. The van der Waals surface area contributed by atoms with Crippen LogP contribution in [0.5, 0.6) is 5.75 Å². The number of nitrogens with zero attached hydrogens (tertiary/aromatic N) is 2. The third-order valence-electron chi connectivity index (χ3n) is 4.57. The van der Waals surface area contributed by atoms with Crippen molar-refractivity contribution >= 4 is 17.5 Å². The summed E-state index contributed by atoms with van der Waals surface area (Å²) in [5.74, 6) is 0.842. The molecule has 1 heterocycles. The summed E-state index contributed by atoms with van der Waals surface area (Å²) in [6.45, 7) is 6.76. The van der Waals surface area contributed by atoms with E-state index >= 15 is 0 Å². The highest BCUT2D eigenvalue weighted by atomic mass is 32.1. The molecule has 0 spiro atoms. The third kappa shape index (κ3) is 4.57. The number of ether oxygens (including phenoxy) is 1. The van der Waals surface area contributed by atoms with Gasteiger partial charge in [-0.15, -0.1) is 0 Å². The zero-order chi connectivity index (χ0) is 20.1. The molecular formula is C22H24N2O3S. The molecule has 28 heavy (non-hydrogen) atoms. The van der Waals surface area contributed by atoms with Crippen LogP contribution in [0.1, 0.15) is 37.0 Å². The van der Waals surface area contributed by atoms with Gasteiger partial charge in [-0.2, -0.15) is 4.37 Å². The van der Waals surface area contributed by atoms with E-state index < -0.39 is 5.97 Å². The van der Waals surface area contributed by atoms with E-state index in [-0.39, 0.29) is 6.42 Å². The first-order chi connectivity index (χ1) is 13.5. The van der Waals surface area contributed by atoms with E-state index in [0.29, 0.717) is 18.9 Å². The Kier molecular flexibility index (Phi) is 6.41. The van der Waals surface area contributed by atoms with Gasteiger partial charge >= 0.3 is 5.97 Å². The van der Waals surface area contributed by atoms with Crippen molar-refractivity contribution in [1.29, 1.82) is 0 Å². The van der Waals surface area contributed by atoms with Crippen molar-refractivity contribution in [3.8, 4) is 27.7 Å². The lowest BCUT2D eigenvalue weighted by Crippen LogP contribution is -1.98. The van der Waals surface area contributed by atoms with E-state index in [9.17, 15) is 4.79 Å². The summed E-state index contributed by atoms with van der Waals surface area (Å²) in [5, 5.41) is 9.72. The highest BCUT2D eigenvalue weighted by Crippen LogP contribution is 2.31. The van der Waals surface area contributed by atoms with Gasteiger partial charge in [0.2, 0.25) is 0 Å². The van der Waals surface area contributed by atoms with Gasteiger partial charge in [0.15, 0.2) is 5.82 Å². The molecule has 2 aromatic carbocycles. The Hall–Kier alpha value is -2.73. The first kappa shape index (κ1) is 20.0. The Labute approximate surface area is 169 Å². The Morgan fingerprint density at radius 2 is 2.00 bits per heavy atom. The van der Waals surface area contributed by atoms with Crippen molar-refractivity contribution < 1.29 is 14.6 Å². The maximum absolute atomic E-state index is 10.8. The average molecular weight is 397 g/mol. The number of hydrogen-bond donors (Lipinski definition) is 1. The number of aryl methyl sites for hydroxylation is 3. The Bertz CT molecular complexity index is 982. The van der Waals surface area contributed by atoms with Crippen molar-refractivity contribution in [1.82, 2.24) is 9.36 Å². The van der Waals surface area contributed by atoms with Crippen molar-refractivity contribution in [3.63, 3.8) is 0 Å². The normalized spacial score (nSPS) is 10.8. The molecule has 0 atom stereocenters. The number of aromatic nitrogens is 2. The van der Waals surface area contributed by atoms with Gasteiger partial charge in [0, 0.05) is 17.5 Å². The first-order valence-electron chi connectivity index (χ1n) is 9.43. The fourth-order valence-electron chi connectivity index (χ4n) is 3.12. The second kappa shape index (κ2) is 8.97. The minimum atomic E-state index is -0.783. The number of carbonyl (C=O) groups is 1. The monoisotopic (exact) mass is 396 g/mol. The Morgan fingerprint density at radius 1 is 1.18 bits per heavy atom. The summed E-state index contributed by atoms with van der Waals surface area (Å²) in [6, 6.07) is 12.1. The van der Waals surface area contributed by atoms with Gasteiger partial charge in [0.1, 0.15) is 10.8 Å². The van der Waals surface area contributed by atoms with Gasteiger partial charge in [-0.3, -0.25) is 4.79 Å². The van der Waals surface area contributed by atoms with Gasteiger partial charge < -0.3 is 9.84 Å². The molecule has 1 N–H and O–H groups in total. The lowest BCUT2D eigenvalue weighted by atomic mass is 10.0. The van der Waals surface area contributed by atoms with Crippen LogP contribution in [0.25, 0.3) is 22.0 Å². The van der Waals surface area contributed by atoms with E-state index in [1.165, 1.54) is 11.5 Å². The lowest BCUT2D eigenvalue weighted by Gasteiger charge is -2.09. The van der Waals surface area contributed by atoms with Crippen LogP contribution in [0.4, 0.5) is 0 Å². The molecule has 3 rings (SSSR count). The smallest absolute Gasteiger partial charge is 0.303 e. The van der Waals surface area contributed by atoms with Crippen LogP contribution in [0.3, 0.4) is 0 Å². The molecule has 0 radical (unpaired) electrons. The van der Waals surface area contributed by atoms with E-state index in [1.807, 2.05) is 44.2 Å². The van der Waals surface area contributed by atoms with Gasteiger partial charge in [-0.1, -0.05) is 25.1 Å². The number of hydrogen-bond acceptors (Lipinski definition) is 5. The van der Waals surface area contributed by atoms with E-state index in [0.717, 1.165) is 45.0 Å². The average Bonchev–Trinajstić information content (AvgIpc) is 3.16. The maximum atomic E-state index is 10.8. The quantitative estimate of drug-likeness (QED) is 0.569. The molecule has 0 aliphatic heterocycles. The fraction of sp³-hybridized carbons (Fsp3) is 0.318. The van der Waals surface area contributed by atoms with E-state index in [4.69, 9.17) is 14.8 Å². The van der Waals surface area contributed by atoms with Crippen molar-refractivity contribution in [2.45, 2.75) is 40.0 Å². The second-order valence-corrected chi connectivity index (χ2v) is 7.33. The number of benzene rings is 2. The number of carboxylic acid groups (broad SMARTS) is 1. The highest BCUT2D eigenvalue weighted by Gasteiger charge is 2.13. The molecule has 6 heteroatoms. The van der Waals surface area contributed by atoms with Gasteiger partial charge in [-0.25, -0.2) is 4.98 Å². The van der Waals surface area contributed by atoms with Crippen LogP contribution >= 0.6 is 11.5 Å². The fourth-order valence-corrected chi connectivity index (χ4v) is 3.79. The van der Waals surface area contributed by atoms with Crippen molar-refractivity contribution in [3.05, 3.63) is 53.1 Å². The molecule has 0 amide bonds.